The summed E-state index contributed by atoms with van der Waals surface area (Å²) in [4.78, 5) is 4.73. The van der Waals surface area contributed by atoms with Crippen LogP contribution in [0.1, 0.15) is 16.8 Å². The quantitative estimate of drug-likeness (QED) is 0.787. The Kier molecular flexibility index (Phi) is 3.23. The predicted octanol–water partition coefficient (Wildman–Crippen LogP) is 1.92. The van der Waals surface area contributed by atoms with E-state index in [9.17, 15) is 5.26 Å². The molecule has 0 saturated carbocycles. The van der Waals surface area contributed by atoms with Gasteiger partial charge in [-0.3, -0.25) is 0 Å². The van der Waals surface area contributed by atoms with E-state index in [0.717, 1.165) is 30.6 Å². The SMILES string of the molecule is C[NH+]1CCc2c([nH]c(=S)c(C#N)c2-c2ccsc2)C1. The molecule has 3 heterocycles. The van der Waals surface area contributed by atoms with Gasteiger partial charge in [0.2, 0.25) is 0 Å². The average Bonchev–Trinajstić information content (AvgIpc) is 2.90. The summed E-state index contributed by atoms with van der Waals surface area (Å²) in [6, 6.07) is 4.35. The first-order valence-electron chi connectivity index (χ1n) is 6.22. The zero-order valence-electron chi connectivity index (χ0n) is 10.6. The van der Waals surface area contributed by atoms with Crippen molar-refractivity contribution in [1.29, 1.82) is 5.26 Å². The Morgan fingerprint density at radius 1 is 1.53 bits per heavy atom. The molecule has 0 spiro atoms. The normalized spacial score (nSPS) is 17.8. The molecule has 5 heteroatoms. The van der Waals surface area contributed by atoms with E-state index in [4.69, 9.17) is 12.2 Å². The lowest BCUT2D eigenvalue weighted by molar-refractivity contribution is -0.896. The van der Waals surface area contributed by atoms with Crippen LogP contribution in [0.5, 0.6) is 0 Å². The van der Waals surface area contributed by atoms with E-state index >= 15 is 0 Å². The molecule has 3 nitrogen and oxygen atoms in total. The molecule has 2 aromatic heterocycles. The van der Waals surface area contributed by atoms with E-state index in [1.807, 2.05) is 5.38 Å². The van der Waals surface area contributed by atoms with Gasteiger partial charge in [-0.1, -0.05) is 12.2 Å². The fourth-order valence-electron chi connectivity index (χ4n) is 2.68. The molecule has 2 N–H and O–H groups in total. The van der Waals surface area contributed by atoms with Gasteiger partial charge in [-0.05, 0) is 28.0 Å². The molecule has 0 bridgehead atoms. The van der Waals surface area contributed by atoms with Gasteiger partial charge in [0.05, 0.1) is 24.8 Å². The number of hydrogen-bond acceptors (Lipinski definition) is 3. The number of nitrogens with zero attached hydrogens (tertiary/aromatic N) is 1. The third-order valence-corrected chi connectivity index (χ3v) is 4.60. The first-order chi connectivity index (χ1) is 9.20. The molecular weight excluding hydrogens is 274 g/mol. The van der Waals surface area contributed by atoms with Gasteiger partial charge in [0.25, 0.3) is 0 Å². The van der Waals surface area contributed by atoms with Gasteiger partial charge in [0.15, 0.2) is 0 Å². The minimum atomic E-state index is 0.567. The highest BCUT2D eigenvalue weighted by Crippen LogP contribution is 2.32. The van der Waals surface area contributed by atoms with Gasteiger partial charge in [0.1, 0.15) is 17.3 Å². The lowest BCUT2D eigenvalue weighted by Gasteiger charge is -2.24. The van der Waals surface area contributed by atoms with E-state index in [2.05, 4.69) is 29.5 Å². The first kappa shape index (κ1) is 12.5. The molecule has 96 valence electrons. The van der Waals surface area contributed by atoms with Crippen LogP contribution in [-0.2, 0) is 13.0 Å². The van der Waals surface area contributed by atoms with Gasteiger partial charge in [-0.25, -0.2) is 0 Å². The maximum absolute atomic E-state index is 9.41. The summed E-state index contributed by atoms with van der Waals surface area (Å²) in [5.41, 5.74) is 5.25. The first-order valence-corrected chi connectivity index (χ1v) is 7.58. The van der Waals surface area contributed by atoms with Gasteiger partial charge in [-0.15, -0.1) is 0 Å². The highest BCUT2D eigenvalue weighted by Gasteiger charge is 2.23. The smallest absolute Gasteiger partial charge is 0.122 e. The van der Waals surface area contributed by atoms with Crippen LogP contribution in [0.25, 0.3) is 11.1 Å². The zero-order chi connectivity index (χ0) is 13.4. The van der Waals surface area contributed by atoms with Crippen molar-refractivity contribution in [2.24, 2.45) is 0 Å². The third-order valence-electron chi connectivity index (χ3n) is 3.61. The Bertz CT molecular complexity index is 708. The van der Waals surface area contributed by atoms with Crippen molar-refractivity contribution < 1.29 is 4.90 Å². The second-order valence-corrected chi connectivity index (χ2v) is 6.11. The Balaban J connectivity index is 2.32. The molecule has 3 rings (SSSR count). The Hall–Kier alpha value is -1.48. The second-order valence-electron chi connectivity index (χ2n) is 4.92. The number of nitrogens with one attached hydrogen (secondary N) is 2. The topological polar surface area (TPSA) is 44.0 Å². The maximum Gasteiger partial charge on any atom is 0.122 e. The number of aromatic amines is 1. The number of quaternary nitrogens is 1. The van der Waals surface area contributed by atoms with Crippen molar-refractivity contribution in [2.75, 3.05) is 13.6 Å². The summed E-state index contributed by atoms with van der Waals surface area (Å²) in [6.07, 6.45) is 0.993. The van der Waals surface area contributed by atoms with Crippen molar-refractivity contribution in [3.63, 3.8) is 0 Å². The maximum atomic E-state index is 9.41. The largest absolute Gasteiger partial charge is 0.344 e. The molecule has 1 unspecified atom stereocenters. The Morgan fingerprint density at radius 2 is 2.37 bits per heavy atom. The van der Waals surface area contributed by atoms with E-state index in [-0.39, 0.29) is 0 Å². The highest BCUT2D eigenvalue weighted by molar-refractivity contribution is 7.71. The number of pyridine rings is 1. The van der Waals surface area contributed by atoms with Crippen molar-refractivity contribution in [3.05, 3.63) is 38.3 Å². The Labute approximate surface area is 121 Å². The van der Waals surface area contributed by atoms with Gasteiger partial charge in [0, 0.05) is 12.0 Å². The number of likely N-dealkylation sites (N-methyl/N-ethyl adjacent to an activating group) is 1. The third kappa shape index (κ3) is 2.12. The van der Waals surface area contributed by atoms with Gasteiger partial charge >= 0.3 is 0 Å². The summed E-state index contributed by atoms with van der Waals surface area (Å²) in [6.45, 7) is 2.04. The van der Waals surface area contributed by atoms with Crippen LogP contribution in [0, 0.1) is 16.0 Å². The molecule has 1 aliphatic heterocycles. The molecular formula is C14H14N3S2+. The van der Waals surface area contributed by atoms with E-state index in [1.54, 1.807) is 11.3 Å². The lowest BCUT2D eigenvalue weighted by atomic mass is 9.92. The summed E-state index contributed by atoms with van der Waals surface area (Å²) in [5.74, 6) is 0. The van der Waals surface area contributed by atoms with Crippen LogP contribution >= 0.6 is 23.6 Å². The number of H-pyrrole nitrogens is 1. The Morgan fingerprint density at radius 3 is 3.05 bits per heavy atom. The number of thiophene rings is 1. The molecule has 0 saturated heterocycles. The number of aromatic nitrogens is 1. The lowest BCUT2D eigenvalue weighted by Crippen LogP contribution is -3.08. The van der Waals surface area contributed by atoms with Crippen LogP contribution in [0.4, 0.5) is 0 Å². The van der Waals surface area contributed by atoms with Crippen LogP contribution in [0.2, 0.25) is 0 Å². The summed E-state index contributed by atoms with van der Waals surface area (Å²) in [7, 11) is 2.18. The van der Waals surface area contributed by atoms with E-state index in [0.29, 0.717) is 10.2 Å². The van der Waals surface area contributed by atoms with Crippen LogP contribution in [0.15, 0.2) is 16.8 Å². The molecule has 0 fully saturated rings. The second kappa shape index (κ2) is 4.89. The summed E-state index contributed by atoms with van der Waals surface area (Å²) in [5, 5.41) is 13.6. The standard InChI is InChI=1S/C14H13N3S2/c1-17-4-2-10-12(7-17)16-14(18)11(6-15)13(10)9-3-5-19-8-9/h3,5,8H,2,4,7H2,1H3,(H,16,18)/p+1. The molecule has 1 aliphatic rings. The zero-order valence-corrected chi connectivity index (χ0v) is 12.3. The molecule has 19 heavy (non-hydrogen) atoms. The molecule has 0 aromatic carbocycles. The number of rotatable bonds is 1. The number of nitriles is 1. The molecule has 0 radical (unpaired) electrons. The molecule has 0 amide bonds. The van der Waals surface area contributed by atoms with Crippen molar-refractivity contribution in [1.82, 2.24) is 4.98 Å². The minimum Gasteiger partial charge on any atom is -0.344 e. The summed E-state index contributed by atoms with van der Waals surface area (Å²) < 4.78 is 0.567. The summed E-state index contributed by atoms with van der Waals surface area (Å²) >= 11 is 7.00. The van der Waals surface area contributed by atoms with E-state index < -0.39 is 0 Å². The average molecular weight is 288 g/mol. The number of fused-ring (bicyclic) bond motifs is 1. The molecule has 1 atom stereocenters. The van der Waals surface area contributed by atoms with Crippen LogP contribution in [-0.4, -0.2) is 18.6 Å². The predicted molar refractivity (Wildman–Crippen MR) is 78.8 cm³/mol. The van der Waals surface area contributed by atoms with Crippen LogP contribution in [0.3, 0.4) is 0 Å². The molecule has 2 aromatic rings. The monoisotopic (exact) mass is 288 g/mol. The highest BCUT2D eigenvalue weighted by atomic mass is 32.1. The van der Waals surface area contributed by atoms with Crippen molar-refractivity contribution in [3.8, 4) is 17.2 Å². The van der Waals surface area contributed by atoms with E-state index in [1.165, 1.54) is 16.2 Å². The minimum absolute atomic E-state index is 0.567. The number of hydrogen-bond donors (Lipinski definition) is 2. The fraction of sp³-hybridized carbons (Fsp3) is 0.286. The fourth-order valence-corrected chi connectivity index (χ4v) is 3.60. The van der Waals surface area contributed by atoms with Crippen molar-refractivity contribution >= 4 is 23.6 Å². The van der Waals surface area contributed by atoms with Gasteiger partial charge in [-0.2, -0.15) is 16.6 Å². The molecule has 0 aliphatic carbocycles. The van der Waals surface area contributed by atoms with Crippen molar-refractivity contribution in [2.45, 2.75) is 13.0 Å². The van der Waals surface area contributed by atoms with Gasteiger partial charge < -0.3 is 9.88 Å². The van der Waals surface area contributed by atoms with Crippen LogP contribution < -0.4 is 4.90 Å².